The van der Waals surface area contributed by atoms with Gasteiger partial charge in [-0.2, -0.15) is 5.26 Å². The molecule has 2 rings (SSSR count). The van der Waals surface area contributed by atoms with Crippen molar-refractivity contribution in [2.24, 2.45) is 0 Å². The minimum absolute atomic E-state index is 0.344. The highest BCUT2D eigenvalue weighted by molar-refractivity contribution is 6.30. The van der Waals surface area contributed by atoms with Crippen LogP contribution in [0.2, 0.25) is 5.02 Å². The maximum Gasteiger partial charge on any atom is 0.171 e. The monoisotopic (exact) mass is 289 g/mol. The van der Waals surface area contributed by atoms with Gasteiger partial charge in [0.05, 0.1) is 5.69 Å². The van der Waals surface area contributed by atoms with E-state index in [1.807, 2.05) is 30.9 Å². The average molecular weight is 290 g/mol. The SMILES string of the molecule is CCN(CC)c1nn(-c2ccc(Cl)cc2)c(N)c1C#N. The molecule has 0 spiro atoms. The fraction of sp³-hybridized carbons (Fsp3) is 0.286. The van der Waals surface area contributed by atoms with Crippen molar-refractivity contribution in [3.8, 4) is 11.8 Å². The summed E-state index contributed by atoms with van der Waals surface area (Å²) in [5.41, 5.74) is 7.24. The van der Waals surface area contributed by atoms with Gasteiger partial charge in [-0.3, -0.25) is 0 Å². The van der Waals surface area contributed by atoms with Crippen molar-refractivity contribution in [2.45, 2.75) is 13.8 Å². The van der Waals surface area contributed by atoms with Gasteiger partial charge < -0.3 is 10.6 Å². The maximum atomic E-state index is 9.31. The number of hydrogen-bond acceptors (Lipinski definition) is 4. The summed E-state index contributed by atoms with van der Waals surface area (Å²) in [5.74, 6) is 0.960. The van der Waals surface area contributed by atoms with E-state index in [9.17, 15) is 5.26 Å². The Bertz CT molecular complexity index is 635. The highest BCUT2D eigenvalue weighted by Crippen LogP contribution is 2.27. The van der Waals surface area contributed by atoms with E-state index in [-0.39, 0.29) is 0 Å². The standard InChI is InChI=1S/C14H16ClN5/c1-3-19(4-2)14-12(9-16)13(17)20(18-14)11-7-5-10(15)6-8-11/h5-8H,3-4,17H2,1-2H3. The predicted molar refractivity (Wildman–Crippen MR) is 81.3 cm³/mol. The molecule has 6 heteroatoms. The lowest BCUT2D eigenvalue weighted by molar-refractivity contribution is 0.809. The van der Waals surface area contributed by atoms with Crippen LogP contribution in [-0.4, -0.2) is 22.9 Å². The smallest absolute Gasteiger partial charge is 0.171 e. The van der Waals surface area contributed by atoms with Gasteiger partial charge in [-0.05, 0) is 38.1 Å². The van der Waals surface area contributed by atoms with E-state index in [4.69, 9.17) is 17.3 Å². The first-order chi connectivity index (χ1) is 9.62. The number of halogens is 1. The van der Waals surface area contributed by atoms with Crippen molar-refractivity contribution in [1.82, 2.24) is 9.78 Å². The summed E-state index contributed by atoms with van der Waals surface area (Å²) in [6, 6.07) is 9.31. The van der Waals surface area contributed by atoms with Gasteiger partial charge in [-0.25, -0.2) is 4.68 Å². The second-order valence-electron chi connectivity index (χ2n) is 4.26. The molecule has 5 nitrogen and oxygen atoms in total. The van der Waals surface area contributed by atoms with Crippen molar-refractivity contribution >= 4 is 23.2 Å². The van der Waals surface area contributed by atoms with Gasteiger partial charge in [-0.15, -0.1) is 5.10 Å². The zero-order valence-corrected chi connectivity index (χ0v) is 12.2. The van der Waals surface area contributed by atoms with Crippen LogP contribution < -0.4 is 10.6 Å². The number of rotatable bonds is 4. The van der Waals surface area contributed by atoms with Gasteiger partial charge >= 0.3 is 0 Å². The van der Waals surface area contributed by atoms with Crippen LogP contribution in [-0.2, 0) is 0 Å². The number of anilines is 2. The Kier molecular flexibility index (Phi) is 4.16. The Hall–Kier alpha value is -2.19. The topological polar surface area (TPSA) is 70.9 Å². The lowest BCUT2D eigenvalue weighted by Gasteiger charge is -2.17. The Balaban J connectivity index is 2.56. The summed E-state index contributed by atoms with van der Waals surface area (Å²) in [5, 5.41) is 14.4. The first-order valence-corrected chi connectivity index (χ1v) is 6.79. The van der Waals surface area contributed by atoms with Crippen LogP contribution >= 0.6 is 11.6 Å². The van der Waals surface area contributed by atoms with Crippen LogP contribution in [0.4, 0.5) is 11.6 Å². The van der Waals surface area contributed by atoms with Crippen LogP contribution in [0.15, 0.2) is 24.3 Å². The predicted octanol–water partition coefficient (Wildman–Crippen LogP) is 2.83. The van der Waals surface area contributed by atoms with Crippen molar-refractivity contribution in [3.05, 3.63) is 34.9 Å². The van der Waals surface area contributed by atoms with Gasteiger partial charge in [-0.1, -0.05) is 11.6 Å². The summed E-state index contributed by atoms with van der Waals surface area (Å²) in [4.78, 5) is 2.00. The number of benzene rings is 1. The third kappa shape index (κ3) is 2.43. The molecule has 1 aromatic heterocycles. The molecular weight excluding hydrogens is 274 g/mol. The van der Waals surface area contributed by atoms with Crippen LogP contribution in [0.25, 0.3) is 5.69 Å². The first-order valence-electron chi connectivity index (χ1n) is 6.41. The zero-order chi connectivity index (χ0) is 14.7. The number of nitrogens with zero attached hydrogens (tertiary/aromatic N) is 4. The molecule has 1 aromatic carbocycles. The Morgan fingerprint density at radius 3 is 2.40 bits per heavy atom. The first kappa shape index (κ1) is 14.2. The van der Waals surface area contributed by atoms with E-state index in [0.29, 0.717) is 22.2 Å². The lowest BCUT2D eigenvalue weighted by Crippen LogP contribution is -2.23. The third-order valence-electron chi connectivity index (χ3n) is 3.15. The van der Waals surface area contributed by atoms with Gasteiger partial charge in [0.2, 0.25) is 0 Å². The maximum absolute atomic E-state index is 9.31. The third-order valence-corrected chi connectivity index (χ3v) is 3.40. The molecule has 20 heavy (non-hydrogen) atoms. The molecule has 0 radical (unpaired) electrons. The van der Waals surface area contributed by atoms with Gasteiger partial charge in [0.15, 0.2) is 5.82 Å². The molecule has 2 N–H and O–H groups in total. The van der Waals surface area contributed by atoms with Crippen LogP contribution in [0.1, 0.15) is 19.4 Å². The molecule has 0 atom stereocenters. The second-order valence-corrected chi connectivity index (χ2v) is 4.69. The number of aromatic nitrogens is 2. The lowest BCUT2D eigenvalue weighted by atomic mass is 10.3. The van der Waals surface area contributed by atoms with Crippen molar-refractivity contribution in [1.29, 1.82) is 5.26 Å². The molecule has 0 amide bonds. The molecule has 0 saturated carbocycles. The van der Waals surface area contributed by atoms with Crippen molar-refractivity contribution in [3.63, 3.8) is 0 Å². The molecule has 0 fully saturated rings. The van der Waals surface area contributed by atoms with Crippen LogP contribution in [0, 0.1) is 11.3 Å². The summed E-state index contributed by atoms with van der Waals surface area (Å²) < 4.78 is 1.57. The fourth-order valence-corrected chi connectivity index (χ4v) is 2.18. The molecule has 0 bridgehead atoms. The number of nitrogen functional groups attached to an aromatic ring is 1. The molecule has 1 heterocycles. The molecule has 0 aliphatic rings. The summed E-state index contributed by atoms with van der Waals surface area (Å²) in [6.07, 6.45) is 0. The van der Waals surface area contributed by atoms with Crippen molar-refractivity contribution < 1.29 is 0 Å². The molecule has 104 valence electrons. The van der Waals surface area contributed by atoms with E-state index in [2.05, 4.69) is 11.2 Å². The van der Waals surface area contributed by atoms with E-state index < -0.39 is 0 Å². The van der Waals surface area contributed by atoms with E-state index in [1.165, 1.54) is 0 Å². The van der Waals surface area contributed by atoms with Gasteiger partial charge in [0.25, 0.3) is 0 Å². The number of hydrogen-bond donors (Lipinski definition) is 1. The minimum Gasteiger partial charge on any atom is -0.382 e. The highest BCUT2D eigenvalue weighted by atomic mass is 35.5. The average Bonchev–Trinajstić information content (AvgIpc) is 2.78. The molecule has 2 aromatic rings. The van der Waals surface area contributed by atoms with Gasteiger partial charge in [0, 0.05) is 18.1 Å². The Morgan fingerprint density at radius 2 is 1.90 bits per heavy atom. The Labute approximate surface area is 123 Å². The molecule has 0 unspecified atom stereocenters. The summed E-state index contributed by atoms with van der Waals surface area (Å²) in [6.45, 7) is 5.56. The van der Waals surface area contributed by atoms with E-state index in [1.54, 1.807) is 16.8 Å². The van der Waals surface area contributed by atoms with Crippen LogP contribution in [0.3, 0.4) is 0 Å². The summed E-state index contributed by atoms with van der Waals surface area (Å²) in [7, 11) is 0. The molecule has 0 aliphatic heterocycles. The normalized spacial score (nSPS) is 10.3. The fourth-order valence-electron chi connectivity index (χ4n) is 2.05. The van der Waals surface area contributed by atoms with Gasteiger partial charge in [0.1, 0.15) is 17.5 Å². The Morgan fingerprint density at radius 1 is 1.30 bits per heavy atom. The highest BCUT2D eigenvalue weighted by Gasteiger charge is 2.19. The number of nitrogens with two attached hydrogens (primary N) is 1. The van der Waals surface area contributed by atoms with E-state index >= 15 is 0 Å². The molecule has 0 saturated heterocycles. The van der Waals surface area contributed by atoms with Crippen molar-refractivity contribution in [2.75, 3.05) is 23.7 Å². The summed E-state index contributed by atoms with van der Waals surface area (Å²) >= 11 is 5.88. The second kappa shape index (κ2) is 5.85. The van der Waals surface area contributed by atoms with Crippen LogP contribution in [0.5, 0.6) is 0 Å². The van der Waals surface area contributed by atoms with E-state index in [0.717, 1.165) is 18.8 Å². The zero-order valence-electron chi connectivity index (χ0n) is 11.5. The quantitative estimate of drug-likeness (QED) is 0.939. The molecule has 0 aliphatic carbocycles. The minimum atomic E-state index is 0.344. The molecular formula is C14H16ClN5. The number of nitriles is 1. The largest absolute Gasteiger partial charge is 0.382 e.